The Labute approximate surface area is 217 Å². The summed E-state index contributed by atoms with van der Waals surface area (Å²) in [6.45, 7) is 4.31. The number of hydrogen-bond donors (Lipinski definition) is 1. The minimum Gasteiger partial charge on any atom is -0.498 e. The Hall–Kier alpha value is -3.78. The molecule has 0 aliphatic heterocycles. The van der Waals surface area contributed by atoms with Crippen LogP contribution in [0.4, 0.5) is 0 Å². The zero-order valence-electron chi connectivity index (χ0n) is 19.9. The Morgan fingerprint density at radius 1 is 1.06 bits per heavy atom. The van der Waals surface area contributed by atoms with Gasteiger partial charge in [0.05, 0.1) is 12.2 Å². The Bertz CT molecular complexity index is 1400. The van der Waals surface area contributed by atoms with Gasteiger partial charge in [-0.2, -0.15) is 5.21 Å². The van der Waals surface area contributed by atoms with Crippen molar-refractivity contribution in [2.45, 2.75) is 31.2 Å². The molecule has 2 atom stereocenters. The third-order valence-corrected chi connectivity index (χ3v) is 6.33. The smallest absolute Gasteiger partial charge is 0.339 e. The van der Waals surface area contributed by atoms with Gasteiger partial charge in [0.2, 0.25) is 5.82 Å². The van der Waals surface area contributed by atoms with Gasteiger partial charge in [-0.25, -0.2) is 4.79 Å². The molecular formula is C28H25BrN4O3. The Balaban J connectivity index is 1.45. The summed E-state index contributed by atoms with van der Waals surface area (Å²) in [4.78, 5) is 12.9. The molecule has 3 aromatic carbocycles. The summed E-state index contributed by atoms with van der Waals surface area (Å²) in [5, 5.41) is 14.1. The largest absolute Gasteiger partial charge is 0.498 e. The van der Waals surface area contributed by atoms with Gasteiger partial charge >= 0.3 is 5.97 Å². The molecule has 2 unspecified atom stereocenters. The molecule has 7 nitrogen and oxygen atoms in total. The van der Waals surface area contributed by atoms with Crippen molar-refractivity contribution < 1.29 is 14.3 Å². The highest BCUT2D eigenvalue weighted by atomic mass is 79.9. The molecule has 36 heavy (non-hydrogen) atoms. The van der Waals surface area contributed by atoms with Gasteiger partial charge in [-0.3, -0.25) is 0 Å². The predicted octanol–water partition coefficient (Wildman–Crippen LogP) is 6.15. The van der Waals surface area contributed by atoms with Crippen molar-refractivity contribution in [3.63, 3.8) is 0 Å². The molecule has 0 saturated heterocycles. The number of H-pyrrole nitrogens is 1. The van der Waals surface area contributed by atoms with Crippen LogP contribution in [0.5, 0.6) is 0 Å². The molecule has 1 heterocycles. The lowest BCUT2D eigenvalue weighted by molar-refractivity contribution is 0.0488. The minimum atomic E-state index is -0.372. The molecule has 1 aliphatic carbocycles. The van der Waals surface area contributed by atoms with E-state index in [9.17, 15) is 4.79 Å². The van der Waals surface area contributed by atoms with E-state index >= 15 is 0 Å². The first-order valence-corrected chi connectivity index (χ1v) is 12.7. The SMILES string of the molecule is CCOC1=Cc2cccc(C(=O)OC(C)Br)c2C1Cc1ccc(-c2ccccc2-c2nn[nH]n2)cc1. The molecule has 8 heteroatoms. The standard InChI is InChI=1S/C28H25BrN4O3/c1-3-35-25-16-20-7-6-10-23(28(34)36-17(2)29)26(20)24(25)15-18-11-13-19(14-12-18)21-8-4-5-9-22(21)27-30-32-33-31-27/h4-14,16-17,24H,3,15H2,1-2H3,(H,30,31,32,33). The average molecular weight is 545 g/mol. The van der Waals surface area contributed by atoms with Crippen LogP contribution in [0.15, 0.2) is 72.5 Å². The van der Waals surface area contributed by atoms with Crippen molar-refractivity contribution >= 4 is 28.0 Å². The zero-order chi connectivity index (χ0) is 25.1. The van der Waals surface area contributed by atoms with Crippen molar-refractivity contribution in [2.24, 2.45) is 0 Å². The maximum absolute atomic E-state index is 12.9. The van der Waals surface area contributed by atoms with Crippen molar-refractivity contribution in [1.29, 1.82) is 0 Å². The number of esters is 1. The number of benzene rings is 3. The molecule has 1 aliphatic rings. The number of halogens is 1. The van der Waals surface area contributed by atoms with Crippen LogP contribution in [0.3, 0.4) is 0 Å². The summed E-state index contributed by atoms with van der Waals surface area (Å²) in [5.74, 6) is 1.000. The normalized spacial score (nSPS) is 15.2. The first-order valence-electron chi connectivity index (χ1n) is 11.8. The van der Waals surface area contributed by atoms with E-state index in [1.807, 2.05) is 55.5 Å². The van der Waals surface area contributed by atoms with Gasteiger partial charge in [0, 0.05) is 11.5 Å². The number of hydrogen-bond acceptors (Lipinski definition) is 6. The first kappa shape index (κ1) is 23.9. The van der Waals surface area contributed by atoms with E-state index in [1.54, 1.807) is 6.92 Å². The van der Waals surface area contributed by atoms with Crippen LogP contribution < -0.4 is 0 Å². The number of rotatable bonds is 8. The molecule has 0 saturated carbocycles. The molecule has 1 N–H and O–H groups in total. The second-order valence-corrected chi connectivity index (χ2v) is 9.76. The van der Waals surface area contributed by atoms with E-state index in [0.717, 1.165) is 39.1 Å². The van der Waals surface area contributed by atoms with Crippen LogP contribution in [0.1, 0.15) is 46.8 Å². The number of ether oxygens (including phenoxy) is 2. The number of alkyl halides is 1. The van der Waals surface area contributed by atoms with Gasteiger partial charge in [0.15, 0.2) is 5.01 Å². The van der Waals surface area contributed by atoms with Crippen LogP contribution in [0.25, 0.3) is 28.6 Å². The molecular weight excluding hydrogens is 520 g/mol. The maximum Gasteiger partial charge on any atom is 0.339 e. The highest BCUT2D eigenvalue weighted by Gasteiger charge is 2.32. The fraction of sp³-hybridized carbons (Fsp3) is 0.214. The summed E-state index contributed by atoms with van der Waals surface area (Å²) < 4.78 is 11.5. The van der Waals surface area contributed by atoms with E-state index < -0.39 is 0 Å². The van der Waals surface area contributed by atoms with E-state index in [1.165, 1.54) is 0 Å². The number of fused-ring (bicyclic) bond motifs is 1. The predicted molar refractivity (Wildman–Crippen MR) is 141 cm³/mol. The molecule has 182 valence electrons. The van der Waals surface area contributed by atoms with Crippen molar-refractivity contribution in [2.75, 3.05) is 6.61 Å². The fourth-order valence-electron chi connectivity index (χ4n) is 4.66. The Morgan fingerprint density at radius 2 is 1.83 bits per heavy atom. The topological polar surface area (TPSA) is 90.0 Å². The summed E-state index contributed by atoms with van der Waals surface area (Å²) in [6.07, 6.45) is 2.73. The maximum atomic E-state index is 12.9. The molecule has 0 bridgehead atoms. The number of nitrogens with zero attached hydrogens (tertiary/aromatic N) is 3. The molecule has 0 radical (unpaired) electrons. The van der Waals surface area contributed by atoms with E-state index in [-0.39, 0.29) is 16.9 Å². The number of aromatic nitrogens is 4. The third-order valence-electron chi connectivity index (χ3n) is 6.15. The summed E-state index contributed by atoms with van der Waals surface area (Å²) in [5.41, 5.74) is 6.64. The third kappa shape index (κ3) is 4.81. The van der Waals surface area contributed by atoms with Crippen LogP contribution in [-0.2, 0) is 15.9 Å². The Kier molecular flexibility index (Phi) is 6.95. The Morgan fingerprint density at radius 3 is 2.53 bits per heavy atom. The van der Waals surface area contributed by atoms with Crippen LogP contribution in [0, 0.1) is 0 Å². The van der Waals surface area contributed by atoms with Gasteiger partial charge < -0.3 is 9.47 Å². The second kappa shape index (κ2) is 10.5. The zero-order valence-corrected chi connectivity index (χ0v) is 21.5. The second-order valence-electron chi connectivity index (χ2n) is 8.47. The van der Waals surface area contributed by atoms with E-state index in [2.05, 4.69) is 60.8 Å². The van der Waals surface area contributed by atoms with E-state index in [4.69, 9.17) is 9.47 Å². The highest BCUT2D eigenvalue weighted by Crippen LogP contribution is 2.42. The van der Waals surface area contributed by atoms with E-state index in [0.29, 0.717) is 24.4 Å². The fourth-order valence-corrected chi connectivity index (χ4v) is 4.83. The molecule has 4 aromatic rings. The van der Waals surface area contributed by atoms with Crippen molar-refractivity contribution in [1.82, 2.24) is 20.6 Å². The number of carbonyl (C=O) groups is 1. The van der Waals surface area contributed by atoms with Crippen molar-refractivity contribution in [3.05, 3.63) is 94.7 Å². The molecule has 0 spiro atoms. The highest BCUT2D eigenvalue weighted by molar-refractivity contribution is 9.09. The average Bonchev–Trinajstić information content (AvgIpc) is 3.53. The van der Waals surface area contributed by atoms with Gasteiger partial charge in [-0.1, -0.05) is 60.7 Å². The number of aromatic amines is 1. The van der Waals surface area contributed by atoms with Gasteiger partial charge in [-0.15, -0.1) is 10.2 Å². The number of allylic oxidation sites excluding steroid dienone is 1. The van der Waals surface area contributed by atoms with Gasteiger partial charge in [0.25, 0.3) is 0 Å². The van der Waals surface area contributed by atoms with Crippen molar-refractivity contribution in [3.8, 4) is 22.5 Å². The van der Waals surface area contributed by atoms with Gasteiger partial charge in [0.1, 0.15) is 5.76 Å². The molecule has 0 amide bonds. The number of carbonyl (C=O) groups excluding carboxylic acids is 1. The quantitative estimate of drug-likeness (QED) is 0.211. The summed E-state index contributed by atoms with van der Waals surface area (Å²) in [7, 11) is 0. The monoisotopic (exact) mass is 544 g/mol. The molecule has 5 rings (SSSR count). The lowest BCUT2D eigenvalue weighted by Gasteiger charge is -2.20. The van der Waals surface area contributed by atoms with Crippen LogP contribution >= 0.6 is 15.9 Å². The molecule has 0 fully saturated rings. The van der Waals surface area contributed by atoms with Gasteiger partial charge in [-0.05, 0) is 81.4 Å². The first-order chi connectivity index (χ1) is 17.5. The number of tetrazole rings is 1. The van der Waals surface area contributed by atoms with Crippen LogP contribution in [0.2, 0.25) is 0 Å². The molecule has 1 aromatic heterocycles. The van der Waals surface area contributed by atoms with Crippen LogP contribution in [-0.4, -0.2) is 38.2 Å². The summed E-state index contributed by atoms with van der Waals surface area (Å²) >= 11 is 3.31. The summed E-state index contributed by atoms with van der Waals surface area (Å²) in [6, 6.07) is 22.1. The number of nitrogens with one attached hydrogen (secondary N) is 1. The lowest BCUT2D eigenvalue weighted by Crippen LogP contribution is -2.15. The lowest BCUT2D eigenvalue weighted by atomic mass is 9.88. The minimum absolute atomic E-state index is 0.0770.